The standard InChI is InChI=1S/C14H12N2O.C12H9N/c1-3-7-12(8-4-1)14-11-15-16(17-14)13-9-5-2-6-10-13;1-3-7-11-9(5-1)10-6-2-4-8-12(10)13-11/h1-11,15H;1-8,13H. The van der Waals surface area contributed by atoms with Gasteiger partial charge in [0.25, 0.3) is 0 Å². The van der Waals surface area contributed by atoms with E-state index >= 15 is 0 Å². The number of aromatic nitrogens is 1. The topological polar surface area (TPSA) is 40.3 Å². The van der Waals surface area contributed by atoms with Crippen molar-refractivity contribution in [2.45, 2.75) is 0 Å². The summed E-state index contributed by atoms with van der Waals surface area (Å²) in [6.07, 6.45) is 1.85. The molecule has 2 N–H and O–H groups in total. The molecular weight excluding hydrogens is 370 g/mol. The van der Waals surface area contributed by atoms with Gasteiger partial charge in [-0.15, -0.1) is 5.17 Å². The molecule has 0 saturated heterocycles. The van der Waals surface area contributed by atoms with Crippen LogP contribution in [0.3, 0.4) is 0 Å². The summed E-state index contributed by atoms with van der Waals surface area (Å²) in [5, 5.41) is 4.25. The van der Waals surface area contributed by atoms with Gasteiger partial charge in [0.05, 0.1) is 11.9 Å². The van der Waals surface area contributed by atoms with Gasteiger partial charge in [0, 0.05) is 27.4 Å². The molecule has 4 heteroatoms. The van der Waals surface area contributed by atoms with E-state index in [2.05, 4.69) is 58.9 Å². The predicted octanol–water partition coefficient (Wildman–Crippen LogP) is 6.26. The molecule has 1 aromatic heterocycles. The van der Waals surface area contributed by atoms with E-state index in [0.717, 1.165) is 17.0 Å². The van der Waals surface area contributed by atoms with Crippen LogP contribution in [-0.2, 0) is 4.84 Å². The first-order valence-electron chi connectivity index (χ1n) is 9.89. The number of nitrogens with one attached hydrogen (secondary N) is 2. The number of hydrogen-bond donors (Lipinski definition) is 2. The van der Waals surface area contributed by atoms with E-state index in [9.17, 15) is 0 Å². The highest BCUT2D eigenvalue weighted by atomic mass is 16.7. The third kappa shape index (κ3) is 3.59. The second-order valence-electron chi connectivity index (χ2n) is 6.94. The number of para-hydroxylation sites is 3. The summed E-state index contributed by atoms with van der Waals surface area (Å²) in [7, 11) is 0. The van der Waals surface area contributed by atoms with Gasteiger partial charge in [0.15, 0.2) is 5.76 Å². The lowest BCUT2D eigenvalue weighted by Crippen LogP contribution is -2.27. The number of H-pyrrole nitrogens is 1. The second kappa shape index (κ2) is 8.05. The van der Waals surface area contributed by atoms with E-state index in [1.165, 1.54) is 21.8 Å². The molecule has 146 valence electrons. The minimum Gasteiger partial charge on any atom is -0.357 e. The Kier molecular flexibility index (Phi) is 4.80. The maximum Gasteiger partial charge on any atom is 0.182 e. The van der Waals surface area contributed by atoms with Crippen LogP contribution in [0.2, 0.25) is 0 Å². The molecule has 4 aromatic carbocycles. The Morgan fingerprint density at radius 3 is 1.73 bits per heavy atom. The third-order valence-corrected chi connectivity index (χ3v) is 4.97. The van der Waals surface area contributed by atoms with Gasteiger partial charge >= 0.3 is 0 Å². The van der Waals surface area contributed by atoms with Crippen LogP contribution in [0.1, 0.15) is 5.56 Å². The maximum atomic E-state index is 5.72. The SMILES string of the molecule is C1=C(c2ccccc2)ON(c2ccccc2)N1.c1ccc2c(c1)[nH]c1ccccc12. The molecule has 30 heavy (non-hydrogen) atoms. The van der Waals surface area contributed by atoms with Crippen molar-refractivity contribution in [2.75, 3.05) is 5.17 Å². The van der Waals surface area contributed by atoms with Crippen LogP contribution in [0, 0.1) is 0 Å². The van der Waals surface area contributed by atoms with Crippen molar-refractivity contribution in [3.8, 4) is 0 Å². The van der Waals surface area contributed by atoms with E-state index in [-0.39, 0.29) is 0 Å². The van der Waals surface area contributed by atoms with Crippen molar-refractivity contribution in [2.24, 2.45) is 0 Å². The highest BCUT2D eigenvalue weighted by Crippen LogP contribution is 2.25. The van der Waals surface area contributed by atoms with Gasteiger partial charge in [-0.3, -0.25) is 5.43 Å². The number of nitrogens with zero attached hydrogens (tertiary/aromatic N) is 1. The summed E-state index contributed by atoms with van der Waals surface area (Å²) >= 11 is 0. The first kappa shape index (κ1) is 17.9. The van der Waals surface area contributed by atoms with Crippen molar-refractivity contribution >= 4 is 33.3 Å². The molecule has 0 radical (unpaired) electrons. The van der Waals surface area contributed by atoms with Gasteiger partial charge in [-0.1, -0.05) is 84.9 Å². The van der Waals surface area contributed by atoms with Crippen LogP contribution in [0.25, 0.3) is 27.6 Å². The fourth-order valence-electron chi connectivity index (χ4n) is 3.50. The molecule has 0 amide bonds. The molecule has 0 atom stereocenters. The summed E-state index contributed by atoms with van der Waals surface area (Å²) in [6.45, 7) is 0. The van der Waals surface area contributed by atoms with Gasteiger partial charge in [-0.2, -0.15) is 0 Å². The van der Waals surface area contributed by atoms with Gasteiger partial charge in [-0.05, 0) is 24.3 Å². The number of benzene rings is 4. The van der Waals surface area contributed by atoms with Crippen molar-refractivity contribution in [3.63, 3.8) is 0 Å². The van der Waals surface area contributed by atoms with Gasteiger partial charge < -0.3 is 9.82 Å². The fraction of sp³-hybridized carbons (Fsp3) is 0. The smallest absolute Gasteiger partial charge is 0.182 e. The molecule has 6 rings (SSSR count). The lowest BCUT2D eigenvalue weighted by molar-refractivity contribution is 0.243. The fourth-order valence-corrected chi connectivity index (χ4v) is 3.50. The zero-order chi connectivity index (χ0) is 20.2. The highest BCUT2D eigenvalue weighted by Gasteiger charge is 2.16. The summed E-state index contributed by atoms with van der Waals surface area (Å²) in [5.41, 5.74) is 7.52. The number of anilines is 1. The number of hydrogen-bond acceptors (Lipinski definition) is 3. The molecule has 1 aliphatic heterocycles. The second-order valence-corrected chi connectivity index (χ2v) is 6.94. The molecule has 0 bridgehead atoms. The molecule has 0 saturated carbocycles. The number of fused-ring (bicyclic) bond motifs is 3. The first-order chi connectivity index (χ1) is 14.9. The van der Waals surface area contributed by atoms with Crippen LogP contribution in [-0.4, -0.2) is 4.98 Å². The Morgan fingerprint density at radius 1 is 0.567 bits per heavy atom. The van der Waals surface area contributed by atoms with E-state index in [0.29, 0.717) is 0 Å². The molecule has 5 aromatic rings. The van der Waals surface area contributed by atoms with E-state index in [1.54, 1.807) is 5.17 Å². The molecule has 2 heterocycles. The molecule has 0 fully saturated rings. The van der Waals surface area contributed by atoms with E-state index in [4.69, 9.17) is 4.84 Å². The van der Waals surface area contributed by atoms with Crippen LogP contribution in [0.4, 0.5) is 5.69 Å². The summed E-state index contributed by atoms with van der Waals surface area (Å²) in [6, 6.07) is 36.6. The minimum absolute atomic E-state index is 0.814. The largest absolute Gasteiger partial charge is 0.357 e. The normalized spacial score (nSPS) is 12.7. The Bertz CT molecular complexity index is 1240. The van der Waals surface area contributed by atoms with Crippen LogP contribution >= 0.6 is 0 Å². The first-order valence-corrected chi connectivity index (χ1v) is 9.89. The molecule has 0 aliphatic carbocycles. The average Bonchev–Trinajstić information content (AvgIpc) is 3.46. The minimum atomic E-state index is 0.814. The number of aromatic amines is 1. The maximum absolute atomic E-state index is 5.72. The summed E-state index contributed by atoms with van der Waals surface area (Å²) in [4.78, 5) is 9.09. The lowest BCUT2D eigenvalue weighted by Gasteiger charge is -2.17. The quantitative estimate of drug-likeness (QED) is 0.373. The average molecular weight is 391 g/mol. The Balaban J connectivity index is 0.000000133. The molecule has 0 unspecified atom stereocenters. The zero-order valence-corrected chi connectivity index (χ0v) is 16.3. The summed E-state index contributed by atoms with van der Waals surface area (Å²) < 4.78 is 0. The zero-order valence-electron chi connectivity index (χ0n) is 16.3. The monoisotopic (exact) mass is 391 g/mol. The lowest BCUT2D eigenvalue weighted by atomic mass is 10.2. The van der Waals surface area contributed by atoms with Crippen molar-refractivity contribution in [3.05, 3.63) is 121 Å². The van der Waals surface area contributed by atoms with E-state index < -0.39 is 0 Å². The Labute approximate surface area is 175 Å². The molecule has 0 spiro atoms. The number of hydrazine groups is 1. The molecule has 4 nitrogen and oxygen atoms in total. The van der Waals surface area contributed by atoms with Gasteiger partial charge in [0.2, 0.25) is 0 Å². The van der Waals surface area contributed by atoms with Crippen LogP contribution in [0.15, 0.2) is 115 Å². The predicted molar refractivity (Wildman–Crippen MR) is 123 cm³/mol. The van der Waals surface area contributed by atoms with Crippen molar-refractivity contribution in [1.29, 1.82) is 0 Å². The van der Waals surface area contributed by atoms with Gasteiger partial charge in [-0.25, -0.2) is 0 Å². The van der Waals surface area contributed by atoms with Gasteiger partial charge in [0.1, 0.15) is 0 Å². The number of rotatable bonds is 2. The van der Waals surface area contributed by atoms with E-state index in [1.807, 2.05) is 66.9 Å². The Morgan fingerprint density at radius 2 is 1.10 bits per heavy atom. The molecule has 1 aliphatic rings. The summed E-state index contributed by atoms with van der Waals surface area (Å²) in [5.74, 6) is 0.814. The van der Waals surface area contributed by atoms with Crippen molar-refractivity contribution < 1.29 is 4.84 Å². The molecular formula is C26H21N3O. The van der Waals surface area contributed by atoms with Crippen LogP contribution < -0.4 is 10.6 Å². The van der Waals surface area contributed by atoms with Crippen molar-refractivity contribution in [1.82, 2.24) is 10.4 Å². The Hall–Kier alpha value is -4.18. The highest BCUT2D eigenvalue weighted by molar-refractivity contribution is 6.06. The third-order valence-electron chi connectivity index (χ3n) is 4.97. The van der Waals surface area contributed by atoms with Crippen LogP contribution in [0.5, 0.6) is 0 Å².